The summed E-state index contributed by atoms with van der Waals surface area (Å²) >= 11 is 0. The Morgan fingerprint density at radius 3 is 2.38 bits per heavy atom. The summed E-state index contributed by atoms with van der Waals surface area (Å²) in [5.41, 5.74) is 4.60. The third kappa shape index (κ3) is 4.21. The number of carbonyl (C=O) groups excluding carboxylic acids is 1. The van der Waals surface area contributed by atoms with Crippen LogP contribution in [0.15, 0.2) is 48.5 Å². The summed E-state index contributed by atoms with van der Waals surface area (Å²) in [5, 5.41) is 8.16. The molecule has 0 spiro atoms. The Balaban J connectivity index is 1.74. The van der Waals surface area contributed by atoms with E-state index in [9.17, 15) is 4.79 Å². The second kappa shape index (κ2) is 8.31. The number of piperidine rings is 1. The van der Waals surface area contributed by atoms with Gasteiger partial charge in [-0.05, 0) is 60.1 Å². The molecule has 1 aliphatic rings. The molecule has 136 valence electrons. The van der Waals surface area contributed by atoms with Crippen molar-refractivity contribution in [3.8, 4) is 11.1 Å². The highest BCUT2D eigenvalue weighted by molar-refractivity contribution is 5.99. The first-order chi connectivity index (χ1) is 12.6. The van der Waals surface area contributed by atoms with Crippen molar-refractivity contribution in [3.05, 3.63) is 59.7 Å². The molecule has 1 saturated heterocycles. The summed E-state index contributed by atoms with van der Waals surface area (Å²) in [6.07, 6.45) is 3.97. The Hall–Kier alpha value is -2.42. The zero-order valence-corrected chi connectivity index (χ0v) is 15.8. The molecule has 1 heterocycles. The van der Waals surface area contributed by atoms with Crippen LogP contribution in [-0.4, -0.2) is 29.6 Å². The first kappa shape index (κ1) is 18.4. The SMILES string of the molecule is CCCC(=N)c1cccc(-c2ccc(C(=O)N3CCC(C)CC3)cc2)c1. The lowest BCUT2D eigenvalue weighted by Gasteiger charge is -2.30. The highest BCUT2D eigenvalue weighted by atomic mass is 16.2. The molecule has 0 bridgehead atoms. The fourth-order valence-electron chi connectivity index (χ4n) is 3.48. The lowest BCUT2D eigenvalue weighted by atomic mass is 9.97. The van der Waals surface area contributed by atoms with Crippen molar-refractivity contribution in [1.82, 2.24) is 4.90 Å². The third-order valence-corrected chi connectivity index (χ3v) is 5.25. The van der Waals surface area contributed by atoms with Gasteiger partial charge in [-0.15, -0.1) is 0 Å². The molecule has 0 saturated carbocycles. The summed E-state index contributed by atoms with van der Waals surface area (Å²) in [4.78, 5) is 14.6. The summed E-state index contributed by atoms with van der Waals surface area (Å²) in [7, 11) is 0. The van der Waals surface area contributed by atoms with Gasteiger partial charge in [-0.1, -0.05) is 50.6 Å². The van der Waals surface area contributed by atoms with Crippen LogP contribution in [-0.2, 0) is 0 Å². The molecule has 0 atom stereocenters. The van der Waals surface area contributed by atoms with E-state index in [0.29, 0.717) is 5.71 Å². The van der Waals surface area contributed by atoms with Gasteiger partial charge < -0.3 is 10.3 Å². The maximum Gasteiger partial charge on any atom is 0.253 e. The van der Waals surface area contributed by atoms with E-state index in [2.05, 4.69) is 26.0 Å². The molecule has 1 amide bonds. The van der Waals surface area contributed by atoms with E-state index in [4.69, 9.17) is 5.41 Å². The standard InChI is InChI=1S/C23H28N2O/c1-3-5-22(24)21-7-4-6-20(16-21)18-8-10-19(11-9-18)23(26)25-14-12-17(2)13-15-25/h4,6-11,16-17,24H,3,5,12-15H2,1-2H3. The van der Waals surface area contributed by atoms with Crippen LogP contribution >= 0.6 is 0 Å². The van der Waals surface area contributed by atoms with Crippen LogP contribution < -0.4 is 0 Å². The van der Waals surface area contributed by atoms with Crippen LogP contribution in [0, 0.1) is 11.3 Å². The van der Waals surface area contributed by atoms with E-state index in [1.54, 1.807) is 0 Å². The molecule has 2 aromatic carbocycles. The quantitative estimate of drug-likeness (QED) is 0.723. The predicted molar refractivity (Wildman–Crippen MR) is 108 cm³/mol. The normalized spacial score (nSPS) is 15.1. The van der Waals surface area contributed by atoms with E-state index in [-0.39, 0.29) is 5.91 Å². The van der Waals surface area contributed by atoms with Gasteiger partial charge in [0.1, 0.15) is 0 Å². The van der Waals surface area contributed by atoms with Gasteiger partial charge in [-0.25, -0.2) is 0 Å². The monoisotopic (exact) mass is 348 g/mol. The summed E-state index contributed by atoms with van der Waals surface area (Å²) < 4.78 is 0. The van der Waals surface area contributed by atoms with Gasteiger partial charge in [0.15, 0.2) is 0 Å². The molecule has 26 heavy (non-hydrogen) atoms. The number of likely N-dealkylation sites (tertiary alicyclic amines) is 1. The maximum atomic E-state index is 12.7. The molecule has 1 fully saturated rings. The third-order valence-electron chi connectivity index (χ3n) is 5.25. The number of hydrogen-bond donors (Lipinski definition) is 1. The van der Waals surface area contributed by atoms with Crippen molar-refractivity contribution >= 4 is 11.6 Å². The van der Waals surface area contributed by atoms with E-state index in [1.165, 1.54) is 0 Å². The number of carbonyl (C=O) groups is 1. The van der Waals surface area contributed by atoms with Gasteiger partial charge in [0.05, 0.1) is 0 Å². The van der Waals surface area contributed by atoms with Crippen LogP contribution in [0.2, 0.25) is 0 Å². The molecule has 1 N–H and O–H groups in total. The fourth-order valence-corrected chi connectivity index (χ4v) is 3.48. The smallest absolute Gasteiger partial charge is 0.253 e. The molecule has 0 aliphatic carbocycles. The largest absolute Gasteiger partial charge is 0.339 e. The topological polar surface area (TPSA) is 44.2 Å². The average molecular weight is 348 g/mol. The van der Waals surface area contributed by atoms with Crippen LogP contribution in [0.3, 0.4) is 0 Å². The van der Waals surface area contributed by atoms with Crippen molar-refractivity contribution < 1.29 is 4.79 Å². The van der Waals surface area contributed by atoms with Gasteiger partial charge in [-0.2, -0.15) is 0 Å². The van der Waals surface area contributed by atoms with Gasteiger partial charge in [0.25, 0.3) is 5.91 Å². The van der Waals surface area contributed by atoms with E-state index in [0.717, 1.165) is 66.9 Å². The second-order valence-electron chi connectivity index (χ2n) is 7.36. The lowest BCUT2D eigenvalue weighted by Crippen LogP contribution is -2.37. The predicted octanol–water partition coefficient (Wildman–Crippen LogP) is 5.39. The highest BCUT2D eigenvalue weighted by Gasteiger charge is 2.21. The number of rotatable bonds is 5. The maximum absolute atomic E-state index is 12.7. The number of hydrogen-bond acceptors (Lipinski definition) is 2. The number of amides is 1. The van der Waals surface area contributed by atoms with Crippen LogP contribution in [0.25, 0.3) is 11.1 Å². The van der Waals surface area contributed by atoms with E-state index < -0.39 is 0 Å². The minimum absolute atomic E-state index is 0.141. The highest BCUT2D eigenvalue weighted by Crippen LogP contribution is 2.23. The Kier molecular flexibility index (Phi) is 5.87. The average Bonchev–Trinajstić information content (AvgIpc) is 2.68. The van der Waals surface area contributed by atoms with Gasteiger partial charge in [-0.3, -0.25) is 4.79 Å². The number of nitrogens with one attached hydrogen (secondary N) is 1. The molecule has 0 aromatic heterocycles. The lowest BCUT2D eigenvalue weighted by molar-refractivity contribution is 0.0697. The number of benzene rings is 2. The molecule has 0 radical (unpaired) electrons. The molecular weight excluding hydrogens is 320 g/mol. The Morgan fingerprint density at radius 2 is 1.73 bits per heavy atom. The Labute approximate surface area is 156 Å². The molecule has 2 aromatic rings. The molecule has 3 heteroatoms. The van der Waals surface area contributed by atoms with E-state index in [1.807, 2.05) is 41.3 Å². The van der Waals surface area contributed by atoms with Gasteiger partial charge in [0.2, 0.25) is 0 Å². The first-order valence-electron chi connectivity index (χ1n) is 9.66. The van der Waals surface area contributed by atoms with Crippen LogP contribution in [0.5, 0.6) is 0 Å². The minimum atomic E-state index is 0.141. The van der Waals surface area contributed by atoms with Crippen molar-refractivity contribution in [2.24, 2.45) is 5.92 Å². The van der Waals surface area contributed by atoms with Crippen molar-refractivity contribution in [1.29, 1.82) is 5.41 Å². The molecule has 0 unspecified atom stereocenters. The van der Waals surface area contributed by atoms with Crippen molar-refractivity contribution in [2.45, 2.75) is 39.5 Å². The molecular formula is C23H28N2O. The zero-order chi connectivity index (χ0) is 18.5. The zero-order valence-electron chi connectivity index (χ0n) is 15.8. The summed E-state index contributed by atoms with van der Waals surface area (Å²) in [5.74, 6) is 0.863. The minimum Gasteiger partial charge on any atom is -0.339 e. The number of nitrogens with zero attached hydrogens (tertiary/aromatic N) is 1. The molecule has 1 aliphatic heterocycles. The molecule has 3 nitrogen and oxygen atoms in total. The van der Waals surface area contributed by atoms with Crippen LogP contribution in [0.4, 0.5) is 0 Å². The molecule has 3 rings (SSSR count). The van der Waals surface area contributed by atoms with Crippen molar-refractivity contribution in [2.75, 3.05) is 13.1 Å². The van der Waals surface area contributed by atoms with E-state index >= 15 is 0 Å². The van der Waals surface area contributed by atoms with Crippen molar-refractivity contribution in [3.63, 3.8) is 0 Å². The summed E-state index contributed by atoms with van der Waals surface area (Å²) in [6.45, 7) is 6.08. The first-order valence-corrected chi connectivity index (χ1v) is 9.66. The fraction of sp³-hybridized carbons (Fsp3) is 0.391. The second-order valence-corrected chi connectivity index (χ2v) is 7.36. The van der Waals surface area contributed by atoms with Gasteiger partial charge >= 0.3 is 0 Å². The summed E-state index contributed by atoms with van der Waals surface area (Å²) in [6, 6.07) is 16.0. The Bertz CT molecular complexity index is 771. The van der Waals surface area contributed by atoms with Crippen LogP contribution in [0.1, 0.15) is 55.5 Å². The Morgan fingerprint density at radius 1 is 1.04 bits per heavy atom. The van der Waals surface area contributed by atoms with Gasteiger partial charge in [0, 0.05) is 24.4 Å².